The number of hydrogen-bond acceptors (Lipinski definition) is 6. The minimum Gasteiger partial charge on any atom is -0.488 e. The summed E-state index contributed by atoms with van der Waals surface area (Å²) in [4.78, 5) is -0.0743. The van der Waals surface area contributed by atoms with Crippen LogP contribution in [0.5, 0.6) is 11.5 Å². The number of benzene rings is 2. The molecule has 28 heavy (non-hydrogen) atoms. The zero-order chi connectivity index (χ0) is 19.9. The van der Waals surface area contributed by atoms with E-state index in [0.717, 1.165) is 24.3 Å². The van der Waals surface area contributed by atoms with Crippen LogP contribution in [-0.4, -0.2) is 19.9 Å². The third-order valence-electron chi connectivity index (χ3n) is 3.87. The number of ether oxygens (including phenoxy) is 2. The van der Waals surface area contributed by atoms with Crippen LogP contribution in [0.15, 0.2) is 58.1 Å². The molecule has 0 bridgehead atoms. The number of sulfonamides is 1. The highest BCUT2D eigenvalue weighted by molar-refractivity contribution is 7.92. The second-order valence-electron chi connectivity index (χ2n) is 5.80. The molecule has 11 heteroatoms. The van der Waals surface area contributed by atoms with E-state index in [1.165, 1.54) is 24.4 Å². The van der Waals surface area contributed by atoms with Crippen molar-refractivity contribution < 1.29 is 35.6 Å². The van der Waals surface area contributed by atoms with Crippen molar-refractivity contribution in [3.8, 4) is 22.8 Å². The number of nitrogens with one attached hydrogen (secondary N) is 1. The largest absolute Gasteiger partial charge is 0.573 e. The Morgan fingerprint density at radius 1 is 1.11 bits per heavy atom. The van der Waals surface area contributed by atoms with Crippen molar-refractivity contribution >= 4 is 15.7 Å². The van der Waals surface area contributed by atoms with Crippen LogP contribution in [0.1, 0.15) is 5.56 Å². The number of alkyl halides is 3. The Kier molecular flexibility index (Phi) is 4.18. The third kappa shape index (κ3) is 3.60. The molecule has 4 rings (SSSR count). The number of fused-ring (bicyclic) bond motifs is 3. The lowest BCUT2D eigenvalue weighted by Gasteiger charge is -2.17. The van der Waals surface area contributed by atoms with Gasteiger partial charge in [-0.05, 0) is 42.5 Å². The first-order valence-corrected chi connectivity index (χ1v) is 9.29. The van der Waals surface area contributed by atoms with E-state index in [2.05, 4.69) is 14.6 Å². The highest BCUT2D eigenvalue weighted by Crippen LogP contribution is 2.39. The van der Waals surface area contributed by atoms with Gasteiger partial charge in [0.2, 0.25) is 0 Å². The zero-order valence-corrected chi connectivity index (χ0v) is 14.7. The summed E-state index contributed by atoms with van der Waals surface area (Å²) >= 11 is 0. The summed E-state index contributed by atoms with van der Waals surface area (Å²) in [6.07, 6.45) is -3.34. The van der Waals surface area contributed by atoms with Crippen LogP contribution in [0, 0.1) is 0 Å². The van der Waals surface area contributed by atoms with Crippen LogP contribution in [0.2, 0.25) is 0 Å². The fourth-order valence-corrected chi connectivity index (χ4v) is 3.74. The van der Waals surface area contributed by atoms with Crippen molar-refractivity contribution in [2.75, 3.05) is 4.72 Å². The van der Waals surface area contributed by atoms with Gasteiger partial charge in [0.25, 0.3) is 10.0 Å². The Bertz CT molecular complexity index is 1120. The van der Waals surface area contributed by atoms with Crippen LogP contribution >= 0.6 is 0 Å². The van der Waals surface area contributed by atoms with Gasteiger partial charge in [0, 0.05) is 5.69 Å². The zero-order valence-electron chi connectivity index (χ0n) is 13.9. The van der Waals surface area contributed by atoms with Gasteiger partial charge in [-0.3, -0.25) is 4.72 Å². The van der Waals surface area contributed by atoms with Crippen LogP contribution < -0.4 is 14.2 Å². The Hall–Kier alpha value is -3.21. The molecule has 0 radical (unpaired) electrons. The lowest BCUT2D eigenvalue weighted by atomic mass is 10.1. The molecule has 0 saturated carbocycles. The molecule has 0 spiro atoms. The summed E-state index contributed by atoms with van der Waals surface area (Å²) in [6, 6.07) is 8.56. The minimum absolute atomic E-state index is 0.0730. The van der Waals surface area contributed by atoms with Crippen molar-refractivity contribution in [2.45, 2.75) is 17.9 Å². The second-order valence-corrected chi connectivity index (χ2v) is 7.49. The van der Waals surface area contributed by atoms with E-state index in [9.17, 15) is 21.6 Å². The van der Waals surface area contributed by atoms with Crippen molar-refractivity contribution in [2.24, 2.45) is 0 Å². The van der Waals surface area contributed by atoms with E-state index >= 15 is 0 Å². The van der Waals surface area contributed by atoms with Crippen LogP contribution in [0.3, 0.4) is 0 Å². The van der Waals surface area contributed by atoms with Gasteiger partial charge >= 0.3 is 6.36 Å². The van der Waals surface area contributed by atoms with Gasteiger partial charge in [0.05, 0.1) is 22.2 Å². The van der Waals surface area contributed by atoms with Gasteiger partial charge in [-0.1, -0.05) is 5.16 Å². The molecular weight excluding hydrogens is 401 g/mol. The maximum atomic E-state index is 12.6. The van der Waals surface area contributed by atoms with Gasteiger partial charge in [-0.25, -0.2) is 8.42 Å². The number of anilines is 1. The van der Waals surface area contributed by atoms with Gasteiger partial charge in [-0.2, -0.15) is 0 Å². The van der Waals surface area contributed by atoms with Crippen molar-refractivity contribution in [1.82, 2.24) is 5.16 Å². The summed E-state index contributed by atoms with van der Waals surface area (Å²) in [5.74, 6) is 0.419. The predicted octanol–water partition coefficient (Wildman–Crippen LogP) is 3.93. The maximum Gasteiger partial charge on any atom is 0.573 e. The first-order chi connectivity index (χ1) is 13.2. The summed E-state index contributed by atoms with van der Waals surface area (Å²) in [5, 5.41) is 3.68. The van der Waals surface area contributed by atoms with E-state index < -0.39 is 22.1 Å². The Morgan fingerprint density at radius 2 is 1.86 bits per heavy atom. The SMILES string of the molecule is O=S(=O)(Nc1ccc(OC(F)(F)F)cc1)c1ccc2c(c1)-c1oncc1CO2. The summed E-state index contributed by atoms with van der Waals surface area (Å²) in [6.45, 7) is 0.266. The van der Waals surface area contributed by atoms with Crippen molar-refractivity contribution in [1.29, 1.82) is 0 Å². The molecule has 3 aromatic rings. The first-order valence-electron chi connectivity index (χ1n) is 7.81. The number of halogens is 3. The molecule has 0 amide bonds. The normalized spacial score (nSPS) is 13.2. The molecule has 1 aliphatic heterocycles. The van der Waals surface area contributed by atoms with Gasteiger partial charge in [-0.15, -0.1) is 13.2 Å². The fourth-order valence-electron chi connectivity index (χ4n) is 2.66. The molecule has 1 aromatic heterocycles. The number of nitrogens with zero attached hydrogens (tertiary/aromatic N) is 1. The van der Waals surface area contributed by atoms with Crippen LogP contribution in [0.4, 0.5) is 18.9 Å². The minimum atomic E-state index is -4.83. The Labute approximate surface area is 156 Å². The number of hydrogen-bond donors (Lipinski definition) is 1. The standard InChI is InChI=1S/C17H11F3N2O5S/c18-17(19,20)26-12-3-1-11(2-4-12)22-28(23,24)13-5-6-15-14(7-13)16-10(9-25-15)8-21-27-16/h1-8,22H,9H2. The Morgan fingerprint density at radius 3 is 2.57 bits per heavy atom. The molecule has 0 aliphatic carbocycles. The third-order valence-corrected chi connectivity index (χ3v) is 5.25. The lowest BCUT2D eigenvalue weighted by molar-refractivity contribution is -0.274. The molecule has 1 aliphatic rings. The molecule has 0 unspecified atom stereocenters. The summed E-state index contributed by atoms with van der Waals surface area (Å²) in [7, 11) is -4.01. The monoisotopic (exact) mass is 412 g/mol. The fraction of sp³-hybridized carbons (Fsp3) is 0.118. The van der Waals surface area contributed by atoms with Gasteiger partial charge in [0.15, 0.2) is 5.76 Å². The molecule has 0 fully saturated rings. The first kappa shape index (κ1) is 18.2. The molecule has 0 atom stereocenters. The maximum absolute atomic E-state index is 12.6. The molecule has 146 valence electrons. The van der Waals surface area contributed by atoms with Crippen molar-refractivity contribution in [3.05, 3.63) is 54.2 Å². The number of rotatable bonds is 4. The molecule has 7 nitrogen and oxygen atoms in total. The topological polar surface area (TPSA) is 90.7 Å². The van der Waals surface area contributed by atoms with E-state index in [-0.39, 0.29) is 17.2 Å². The quantitative estimate of drug-likeness (QED) is 0.698. The predicted molar refractivity (Wildman–Crippen MR) is 90.2 cm³/mol. The lowest BCUT2D eigenvalue weighted by Crippen LogP contribution is -2.17. The number of aromatic nitrogens is 1. The van der Waals surface area contributed by atoms with Gasteiger partial charge in [0.1, 0.15) is 18.1 Å². The molecule has 2 aromatic carbocycles. The van der Waals surface area contributed by atoms with Gasteiger partial charge < -0.3 is 14.0 Å². The molecule has 2 heterocycles. The summed E-state index contributed by atoms with van der Waals surface area (Å²) in [5.41, 5.74) is 1.20. The average molecular weight is 412 g/mol. The second kappa shape index (κ2) is 6.44. The molecule has 0 saturated heterocycles. The molecule has 1 N–H and O–H groups in total. The van der Waals surface area contributed by atoms with E-state index in [1.807, 2.05) is 0 Å². The van der Waals surface area contributed by atoms with E-state index in [4.69, 9.17) is 9.26 Å². The average Bonchev–Trinajstić information content (AvgIpc) is 3.11. The highest BCUT2D eigenvalue weighted by Gasteiger charge is 2.31. The summed E-state index contributed by atoms with van der Waals surface area (Å²) < 4.78 is 78.6. The highest BCUT2D eigenvalue weighted by atomic mass is 32.2. The van der Waals surface area contributed by atoms with E-state index in [0.29, 0.717) is 22.6 Å². The molecular formula is C17H11F3N2O5S. The van der Waals surface area contributed by atoms with Crippen molar-refractivity contribution in [3.63, 3.8) is 0 Å². The van der Waals surface area contributed by atoms with Crippen LogP contribution in [-0.2, 0) is 16.6 Å². The smallest absolute Gasteiger partial charge is 0.488 e. The van der Waals surface area contributed by atoms with Crippen LogP contribution in [0.25, 0.3) is 11.3 Å². The Balaban J connectivity index is 1.59. The van der Waals surface area contributed by atoms with E-state index in [1.54, 1.807) is 0 Å².